The third-order valence-electron chi connectivity index (χ3n) is 7.40. The minimum atomic E-state index is -0.957. The quantitative estimate of drug-likeness (QED) is 0.488. The number of morpholine rings is 1. The molecule has 11 nitrogen and oxygen atoms in total. The molecular weight excluding hydrogens is 481 g/mol. The lowest BCUT2D eigenvalue weighted by Gasteiger charge is -2.46. The van der Waals surface area contributed by atoms with E-state index >= 15 is 0 Å². The first-order valence-corrected chi connectivity index (χ1v) is 12.4. The number of piperidine rings is 1. The second-order valence-electron chi connectivity index (χ2n) is 9.51. The van der Waals surface area contributed by atoms with Crippen LogP contribution < -0.4 is 11.1 Å². The minimum absolute atomic E-state index is 0.0277. The number of primary amides is 1. The first kappa shape index (κ1) is 26.4. The van der Waals surface area contributed by atoms with Crippen LogP contribution in [0.15, 0.2) is 30.5 Å². The van der Waals surface area contributed by atoms with Gasteiger partial charge in [-0.1, -0.05) is 0 Å². The summed E-state index contributed by atoms with van der Waals surface area (Å²) in [4.78, 5) is 28.0. The zero-order chi connectivity index (χ0) is 26.5. The van der Waals surface area contributed by atoms with Crippen LogP contribution in [-0.4, -0.2) is 81.6 Å². The largest absolute Gasteiger partial charge is 0.465 e. The van der Waals surface area contributed by atoms with Gasteiger partial charge in [0, 0.05) is 37.6 Å². The lowest BCUT2D eigenvalue weighted by molar-refractivity contribution is -0.0178. The molecule has 2 saturated heterocycles. The van der Waals surface area contributed by atoms with Crippen LogP contribution in [0, 0.1) is 23.1 Å². The highest BCUT2D eigenvalue weighted by Crippen LogP contribution is 2.37. The summed E-state index contributed by atoms with van der Waals surface area (Å²) in [6.45, 7) is 5.06. The molecule has 0 radical (unpaired) electrons. The highest BCUT2D eigenvalue weighted by atomic mass is 19.1. The minimum Gasteiger partial charge on any atom is -0.465 e. The van der Waals surface area contributed by atoms with Crippen LogP contribution in [0.25, 0.3) is 0 Å². The van der Waals surface area contributed by atoms with Gasteiger partial charge in [-0.3, -0.25) is 14.4 Å². The second-order valence-corrected chi connectivity index (χ2v) is 9.51. The number of nitrogens with zero attached hydrogens (tertiary/aromatic N) is 5. The van der Waals surface area contributed by atoms with Crippen molar-refractivity contribution in [3.63, 3.8) is 0 Å². The van der Waals surface area contributed by atoms with Crippen molar-refractivity contribution < 1.29 is 23.8 Å². The van der Waals surface area contributed by atoms with Gasteiger partial charge in [0.05, 0.1) is 37.8 Å². The fourth-order valence-corrected chi connectivity index (χ4v) is 5.37. The number of aromatic nitrogens is 2. The van der Waals surface area contributed by atoms with Crippen LogP contribution in [0.4, 0.5) is 20.7 Å². The molecule has 2 amide bonds. The Bertz CT molecular complexity index is 1140. The molecule has 1 aromatic carbocycles. The Balaban J connectivity index is 1.60. The van der Waals surface area contributed by atoms with Crippen molar-refractivity contribution in [3.8, 4) is 6.07 Å². The Morgan fingerprint density at radius 2 is 2.00 bits per heavy atom. The van der Waals surface area contributed by atoms with E-state index in [-0.39, 0.29) is 41.8 Å². The predicted octanol–water partition coefficient (Wildman–Crippen LogP) is 2.80. The number of hydrogen-bond donors (Lipinski definition) is 3. The highest BCUT2D eigenvalue weighted by Gasteiger charge is 2.40. The van der Waals surface area contributed by atoms with Crippen LogP contribution in [0.5, 0.6) is 0 Å². The summed E-state index contributed by atoms with van der Waals surface area (Å²) in [7, 11) is 0. The first-order chi connectivity index (χ1) is 17.8. The van der Waals surface area contributed by atoms with E-state index in [2.05, 4.69) is 21.4 Å². The average Bonchev–Trinajstić information content (AvgIpc) is 3.32. The van der Waals surface area contributed by atoms with Crippen LogP contribution >= 0.6 is 0 Å². The van der Waals surface area contributed by atoms with Gasteiger partial charge in [-0.05, 0) is 49.9 Å². The van der Waals surface area contributed by atoms with Gasteiger partial charge in [0.15, 0.2) is 5.82 Å². The predicted molar refractivity (Wildman–Crippen MR) is 133 cm³/mol. The van der Waals surface area contributed by atoms with Gasteiger partial charge >= 0.3 is 6.09 Å². The number of likely N-dealkylation sites (tertiary alicyclic amines) is 1. The van der Waals surface area contributed by atoms with E-state index in [4.69, 9.17) is 10.5 Å². The SMILES string of the molecule is CC(C1CC([C@H](CC#N)n2cc(C(N)=O)c(Nc3ccc(F)cc3)n2)CCN1C(=O)O)N1CCOCC1. The topological polar surface area (TPSA) is 150 Å². The molecule has 4 atom stereocenters. The van der Waals surface area contributed by atoms with Crippen molar-refractivity contribution in [1.82, 2.24) is 19.6 Å². The molecule has 2 fully saturated rings. The molecule has 4 N–H and O–H groups in total. The standard InChI is InChI=1S/C25H32FN7O4/c1-16(31-10-12-37-13-11-31)22-14-17(7-9-32(22)25(35)36)21(6-8-27)33-15-20(23(28)34)24(30-33)29-19-4-2-18(26)3-5-19/h2-5,15-17,21-22H,6-7,9-14H2,1H3,(H2,28,34)(H,29,30)(H,35,36)/t16?,17?,21-,22?/m0/s1. The van der Waals surface area contributed by atoms with Crippen molar-refractivity contribution >= 4 is 23.5 Å². The van der Waals surface area contributed by atoms with Gasteiger partial charge in [-0.15, -0.1) is 0 Å². The zero-order valence-electron chi connectivity index (χ0n) is 20.7. The van der Waals surface area contributed by atoms with E-state index in [0.717, 1.165) is 13.1 Å². The molecule has 12 heteroatoms. The molecule has 2 aliphatic heterocycles. The summed E-state index contributed by atoms with van der Waals surface area (Å²) in [5.41, 5.74) is 6.28. The maximum absolute atomic E-state index is 13.3. The van der Waals surface area contributed by atoms with E-state index in [0.29, 0.717) is 38.3 Å². The van der Waals surface area contributed by atoms with Gasteiger partial charge in [0.25, 0.3) is 5.91 Å². The number of amides is 2. The number of carbonyl (C=O) groups excluding carboxylic acids is 1. The van der Waals surface area contributed by atoms with Gasteiger partial charge in [0.1, 0.15) is 11.4 Å². The molecule has 0 saturated carbocycles. The number of benzene rings is 1. The molecule has 4 rings (SSSR count). The normalized spacial score (nSPS) is 22.1. The number of nitrogens with two attached hydrogens (primary N) is 1. The van der Waals surface area contributed by atoms with Crippen LogP contribution in [-0.2, 0) is 4.74 Å². The number of carbonyl (C=O) groups is 2. The lowest BCUT2D eigenvalue weighted by atomic mass is 9.81. The zero-order valence-corrected chi connectivity index (χ0v) is 20.7. The molecule has 3 heterocycles. The van der Waals surface area contributed by atoms with E-state index in [1.165, 1.54) is 35.4 Å². The van der Waals surface area contributed by atoms with E-state index in [1.54, 1.807) is 4.68 Å². The number of carboxylic acid groups (broad SMARTS) is 1. The van der Waals surface area contributed by atoms with E-state index in [1.807, 2.05) is 6.92 Å². The van der Waals surface area contributed by atoms with Crippen LogP contribution in [0.3, 0.4) is 0 Å². The van der Waals surface area contributed by atoms with E-state index in [9.17, 15) is 24.3 Å². The maximum atomic E-state index is 13.3. The number of nitrogens with one attached hydrogen (secondary N) is 1. The average molecular weight is 514 g/mol. The molecule has 1 aromatic heterocycles. The van der Waals surface area contributed by atoms with Crippen LogP contribution in [0.1, 0.15) is 42.6 Å². The first-order valence-electron chi connectivity index (χ1n) is 12.4. The summed E-state index contributed by atoms with van der Waals surface area (Å²) < 4.78 is 20.4. The number of nitriles is 1. The van der Waals surface area contributed by atoms with Crippen molar-refractivity contribution in [2.75, 3.05) is 38.2 Å². The Hall–Kier alpha value is -3.69. The summed E-state index contributed by atoms with van der Waals surface area (Å²) in [6.07, 6.45) is 1.80. The van der Waals surface area contributed by atoms with Gasteiger partial charge in [-0.2, -0.15) is 10.4 Å². The monoisotopic (exact) mass is 513 g/mol. The smallest absolute Gasteiger partial charge is 0.407 e. The number of halogens is 1. The Morgan fingerprint density at radius 1 is 1.30 bits per heavy atom. The number of hydrogen-bond acceptors (Lipinski definition) is 7. The summed E-state index contributed by atoms with van der Waals surface area (Å²) in [5, 5.41) is 27.1. The fourth-order valence-electron chi connectivity index (χ4n) is 5.37. The maximum Gasteiger partial charge on any atom is 0.407 e. The summed E-state index contributed by atoms with van der Waals surface area (Å²) in [6, 6.07) is 7.15. The fraction of sp³-hybridized carbons (Fsp3) is 0.520. The van der Waals surface area contributed by atoms with Crippen molar-refractivity contribution in [2.45, 2.75) is 44.3 Å². The third-order valence-corrected chi connectivity index (χ3v) is 7.40. The van der Waals surface area contributed by atoms with Gasteiger partial charge < -0.3 is 25.8 Å². The number of rotatable bonds is 8. The third kappa shape index (κ3) is 6.00. The van der Waals surface area contributed by atoms with E-state index < -0.39 is 17.8 Å². The molecule has 2 aliphatic rings. The molecule has 3 unspecified atom stereocenters. The molecular formula is C25H32FN7O4. The summed E-state index contributed by atoms with van der Waals surface area (Å²) >= 11 is 0. The summed E-state index contributed by atoms with van der Waals surface area (Å²) in [5.74, 6) is -0.925. The molecule has 37 heavy (non-hydrogen) atoms. The molecule has 198 valence electrons. The lowest BCUT2D eigenvalue weighted by Crippen LogP contribution is -2.58. The Morgan fingerprint density at radius 3 is 2.62 bits per heavy atom. The molecule has 2 aromatic rings. The number of ether oxygens (including phenoxy) is 1. The van der Waals surface area contributed by atoms with Gasteiger partial charge in [0.2, 0.25) is 0 Å². The molecule has 0 spiro atoms. The van der Waals surface area contributed by atoms with Crippen molar-refractivity contribution in [1.29, 1.82) is 5.26 Å². The molecule has 0 aliphatic carbocycles. The Kier molecular flexibility index (Phi) is 8.25. The van der Waals surface area contributed by atoms with Gasteiger partial charge in [-0.25, -0.2) is 9.18 Å². The van der Waals surface area contributed by atoms with Crippen molar-refractivity contribution in [3.05, 3.63) is 41.8 Å². The highest BCUT2D eigenvalue weighted by molar-refractivity contribution is 5.98. The molecule has 0 bridgehead atoms. The Labute approximate surface area is 214 Å². The van der Waals surface area contributed by atoms with Crippen molar-refractivity contribution in [2.24, 2.45) is 11.7 Å². The van der Waals surface area contributed by atoms with Crippen LogP contribution in [0.2, 0.25) is 0 Å². The second kappa shape index (κ2) is 11.6. The number of anilines is 2.